The first kappa shape index (κ1) is 18.4. The zero-order valence-electron chi connectivity index (χ0n) is 13.4. The maximum absolute atomic E-state index is 12.9. The molecule has 1 aliphatic rings. The number of carbonyl (C=O) groups excluding carboxylic acids is 1. The first-order chi connectivity index (χ1) is 12.1. The molecule has 11 heteroatoms. The number of aromatic nitrogens is 2. The molecular weight excluding hydrogens is 373 g/mol. The van der Waals surface area contributed by atoms with E-state index in [1.165, 1.54) is 6.07 Å². The van der Waals surface area contributed by atoms with Crippen LogP contribution in [0.15, 0.2) is 24.3 Å². The largest absolute Gasteiger partial charge is 0.451 e. The highest BCUT2D eigenvalue weighted by atomic mass is 32.2. The van der Waals surface area contributed by atoms with Crippen LogP contribution in [0.4, 0.5) is 19.0 Å². The van der Waals surface area contributed by atoms with Crippen LogP contribution in [0, 0.1) is 0 Å². The van der Waals surface area contributed by atoms with Crippen molar-refractivity contribution in [2.45, 2.75) is 18.6 Å². The van der Waals surface area contributed by atoms with Crippen molar-refractivity contribution in [3.63, 3.8) is 0 Å². The van der Waals surface area contributed by atoms with Gasteiger partial charge in [0.05, 0.1) is 23.6 Å². The highest BCUT2D eigenvalue weighted by Gasteiger charge is 2.35. The number of para-hydroxylation sites is 1. The highest BCUT2D eigenvalue weighted by molar-refractivity contribution is 7.91. The number of halogens is 3. The number of fused-ring (bicyclic) bond motifs is 1. The average molecular weight is 388 g/mol. The Bertz CT molecular complexity index is 947. The minimum atomic E-state index is -4.72. The predicted octanol–water partition coefficient (Wildman–Crippen LogP) is 1.36. The molecule has 140 valence electrons. The van der Waals surface area contributed by atoms with E-state index >= 15 is 0 Å². The number of benzene rings is 1. The average Bonchev–Trinajstić information content (AvgIpc) is 2.90. The molecule has 2 N–H and O–H groups in total. The van der Waals surface area contributed by atoms with E-state index in [-0.39, 0.29) is 29.4 Å². The van der Waals surface area contributed by atoms with E-state index in [1.54, 1.807) is 18.2 Å². The number of amides is 1. The van der Waals surface area contributed by atoms with Gasteiger partial charge in [0.2, 0.25) is 11.7 Å². The molecule has 1 saturated heterocycles. The number of carbonyl (C=O) groups is 1. The van der Waals surface area contributed by atoms with Crippen molar-refractivity contribution in [2.24, 2.45) is 0 Å². The second-order valence-corrected chi connectivity index (χ2v) is 8.16. The summed E-state index contributed by atoms with van der Waals surface area (Å²) in [5.74, 6) is -2.06. The fraction of sp³-hybridized carbons (Fsp3) is 0.400. The lowest BCUT2D eigenvalue weighted by atomic mass is 10.2. The van der Waals surface area contributed by atoms with E-state index in [0.29, 0.717) is 11.8 Å². The van der Waals surface area contributed by atoms with Gasteiger partial charge in [-0.3, -0.25) is 4.79 Å². The number of anilines is 1. The molecule has 7 nitrogen and oxygen atoms in total. The lowest BCUT2D eigenvalue weighted by Gasteiger charge is -2.14. The lowest BCUT2D eigenvalue weighted by molar-refractivity contribution is -0.144. The third kappa shape index (κ3) is 4.21. The molecule has 1 aliphatic heterocycles. The first-order valence-corrected chi connectivity index (χ1v) is 9.54. The predicted molar refractivity (Wildman–Crippen MR) is 88.2 cm³/mol. The monoisotopic (exact) mass is 388 g/mol. The van der Waals surface area contributed by atoms with Crippen molar-refractivity contribution in [2.75, 3.05) is 23.4 Å². The van der Waals surface area contributed by atoms with E-state index in [4.69, 9.17) is 0 Å². The Balaban J connectivity index is 1.75. The smallest absolute Gasteiger partial charge is 0.360 e. The topological polar surface area (TPSA) is 101 Å². The van der Waals surface area contributed by atoms with Crippen LogP contribution in [-0.2, 0) is 20.8 Å². The van der Waals surface area contributed by atoms with Crippen molar-refractivity contribution in [1.29, 1.82) is 0 Å². The summed E-state index contributed by atoms with van der Waals surface area (Å²) in [6, 6.07) is 5.64. The number of alkyl halides is 3. The first-order valence-electron chi connectivity index (χ1n) is 7.72. The summed E-state index contributed by atoms with van der Waals surface area (Å²) in [5, 5.41) is 5.48. The molecule has 0 radical (unpaired) electrons. The summed E-state index contributed by atoms with van der Waals surface area (Å²) in [6.45, 7) is -0.338. The van der Waals surface area contributed by atoms with Crippen molar-refractivity contribution in [3.8, 4) is 0 Å². The molecule has 26 heavy (non-hydrogen) atoms. The zero-order chi connectivity index (χ0) is 18.9. The molecule has 1 aromatic heterocycles. The second-order valence-electron chi connectivity index (χ2n) is 5.93. The van der Waals surface area contributed by atoms with Crippen molar-refractivity contribution in [1.82, 2.24) is 15.3 Å². The van der Waals surface area contributed by atoms with Crippen LogP contribution in [0.25, 0.3) is 10.9 Å². The number of hydrogen-bond donors (Lipinski definition) is 2. The molecule has 1 aromatic carbocycles. The van der Waals surface area contributed by atoms with Gasteiger partial charge in [-0.05, 0) is 18.6 Å². The number of sulfone groups is 1. The van der Waals surface area contributed by atoms with Crippen LogP contribution < -0.4 is 10.6 Å². The normalized spacial score (nSPS) is 19.4. The third-order valence-corrected chi connectivity index (χ3v) is 5.64. The Morgan fingerprint density at radius 2 is 1.96 bits per heavy atom. The number of hydrogen-bond acceptors (Lipinski definition) is 6. The number of nitrogens with one attached hydrogen (secondary N) is 2. The van der Waals surface area contributed by atoms with Crippen LogP contribution in [0.3, 0.4) is 0 Å². The molecule has 2 aromatic rings. The van der Waals surface area contributed by atoms with Gasteiger partial charge in [0.25, 0.3) is 0 Å². The molecule has 0 bridgehead atoms. The Morgan fingerprint density at radius 1 is 1.23 bits per heavy atom. The van der Waals surface area contributed by atoms with Crippen LogP contribution >= 0.6 is 0 Å². The van der Waals surface area contributed by atoms with Gasteiger partial charge in [0.15, 0.2) is 9.84 Å². The molecule has 1 unspecified atom stereocenters. The molecule has 1 fully saturated rings. The summed E-state index contributed by atoms with van der Waals surface area (Å²) >= 11 is 0. The zero-order valence-corrected chi connectivity index (χ0v) is 14.2. The van der Waals surface area contributed by atoms with Gasteiger partial charge >= 0.3 is 6.18 Å². The van der Waals surface area contributed by atoms with E-state index in [1.807, 2.05) is 0 Å². The molecule has 2 heterocycles. The van der Waals surface area contributed by atoms with E-state index in [0.717, 1.165) is 0 Å². The maximum Gasteiger partial charge on any atom is 0.451 e. The van der Waals surface area contributed by atoms with Crippen molar-refractivity contribution < 1.29 is 26.4 Å². The summed E-state index contributed by atoms with van der Waals surface area (Å²) in [6.07, 6.45) is -4.40. The highest BCUT2D eigenvalue weighted by Crippen LogP contribution is 2.30. The molecule has 1 amide bonds. The number of nitrogens with zero attached hydrogens (tertiary/aromatic N) is 2. The summed E-state index contributed by atoms with van der Waals surface area (Å²) < 4.78 is 61.6. The van der Waals surface area contributed by atoms with Crippen LogP contribution in [0.5, 0.6) is 0 Å². The summed E-state index contributed by atoms with van der Waals surface area (Å²) in [4.78, 5) is 18.9. The van der Waals surface area contributed by atoms with Gasteiger partial charge in [0, 0.05) is 11.4 Å². The minimum Gasteiger partial charge on any atom is -0.360 e. The molecule has 0 spiro atoms. The van der Waals surface area contributed by atoms with Gasteiger partial charge in [-0.1, -0.05) is 12.1 Å². The summed E-state index contributed by atoms with van der Waals surface area (Å²) in [5.41, 5.74) is 0.0969. The maximum atomic E-state index is 12.9. The number of rotatable bonds is 4. The molecule has 1 atom stereocenters. The van der Waals surface area contributed by atoms with Gasteiger partial charge in [-0.15, -0.1) is 0 Å². The van der Waals surface area contributed by atoms with E-state index in [9.17, 15) is 26.4 Å². The van der Waals surface area contributed by atoms with Gasteiger partial charge < -0.3 is 10.6 Å². The van der Waals surface area contributed by atoms with Crippen LogP contribution in [0.2, 0.25) is 0 Å². The Kier molecular flexibility index (Phi) is 4.74. The molecular formula is C15H15F3N4O3S. The standard InChI is InChI=1S/C15H15F3N4O3S/c16-15(17,18)14-21-11-4-2-1-3-10(11)13(22-14)19-7-12(23)20-9-5-6-26(24,25)8-9/h1-4,9H,5-8H2,(H,20,23)(H,19,21,22). The Labute approximate surface area is 146 Å². The molecule has 3 rings (SSSR count). The van der Waals surface area contributed by atoms with Gasteiger partial charge in [0.1, 0.15) is 5.82 Å². The van der Waals surface area contributed by atoms with Crippen molar-refractivity contribution in [3.05, 3.63) is 30.1 Å². The van der Waals surface area contributed by atoms with E-state index < -0.39 is 33.8 Å². The fourth-order valence-electron chi connectivity index (χ4n) is 2.69. The lowest BCUT2D eigenvalue weighted by Crippen LogP contribution is -2.39. The molecule has 0 saturated carbocycles. The minimum absolute atomic E-state index is 0.0108. The fourth-order valence-corrected chi connectivity index (χ4v) is 4.36. The second kappa shape index (κ2) is 6.71. The van der Waals surface area contributed by atoms with Crippen molar-refractivity contribution >= 4 is 32.5 Å². The summed E-state index contributed by atoms with van der Waals surface area (Å²) in [7, 11) is -3.14. The Morgan fingerprint density at radius 3 is 2.62 bits per heavy atom. The van der Waals surface area contributed by atoms with E-state index in [2.05, 4.69) is 20.6 Å². The SMILES string of the molecule is O=C(CNc1nc(C(F)(F)F)nc2ccccc12)NC1CCS(=O)(=O)C1. The third-order valence-electron chi connectivity index (χ3n) is 3.87. The van der Waals surface area contributed by atoms with Gasteiger partial charge in [-0.2, -0.15) is 13.2 Å². The molecule has 0 aliphatic carbocycles. The van der Waals surface area contributed by atoms with Crippen LogP contribution in [0.1, 0.15) is 12.2 Å². The van der Waals surface area contributed by atoms with Crippen LogP contribution in [-0.4, -0.2) is 48.4 Å². The Hall–Kier alpha value is -2.43. The van der Waals surface area contributed by atoms with Gasteiger partial charge in [-0.25, -0.2) is 18.4 Å². The quantitative estimate of drug-likeness (QED) is 0.820.